The zero-order valence-corrected chi connectivity index (χ0v) is 9.44. The third-order valence-corrected chi connectivity index (χ3v) is 2.81. The first-order valence-electron chi connectivity index (χ1n) is 5.51. The van der Waals surface area contributed by atoms with E-state index in [0.717, 1.165) is 11.1 Å². The average Bonchev–Trinajstić information content (AvgIpc) is 2.30. The van der Waals surface area contributed by atoms with Crippen molar-refractivity contribution >= 4 is 5.78 Å². The molecule has 3 heteroatoms. The van der Waals surface area contributed by atoms with Gasteiger partial charge < -0.3 is 9.47 Å². The minimum absolute atomic E-state index is 0.0902. The van der Waals surface area contributed by atoms with Gasteiger partial charge in [-0.1, -0.05) is 24.3 Å². The predicted octanol–water partition coefficient (Wildman–Crippen LogP) is 2.25. The van der Waals surface area contributed by atoms with Gasteiger partial charge in [0.05, 0.1) is 19.3 Å². The van der Waals surface area contributed by atoms with Gasteiger partial charge in [0.25, 0.3) is 0 Å². The molecule has 0 aromatic heterocycles. The molecule has 1 aliphatic heterocycles. The van der Waals surface area contributed by atoms with Gasteiger partial charge in [0.1, 0.15) is 5.78 Å². The zero-order chi connectivity index (χ0) is 11.4. The number of hydrogen-bond donors (Lipinski definition) is 0. The predicted molar refractivity (Wildman–Crippen MR) is 60.1 cm³/mol. The van der Waals surface area contributed by atoms with Crippen molar-refractivity contribution in [3.05, 3.63) is 35.4 Å². The van der Waals surface area contributed by atoms with Gasteiger partial charge in [-0.15, -0.1) is 0 Å². The van der Waals surface area contributed by atoms with Crippen molar-refractivity contribution in [3.63, 3.8) is 0 Å². The average molecular weight is 220 g/mol. The fourth-order valence-corrected chi connectivity index (χ4v) is 2.02. The second-order valence-electron chi connectivity index (χ2n) is 3.98. The number of benzene rings is 1. The van der Waals surface area contributed by atoms with Crippen molar-refractivity contribution < 1.29 is 14.3 Å². The van der Waals surface area contributed by atoms with Crippen LogP contribution in [0.1, 0.15) is 30.1 Å². The summed E-state index contributed by atoms with van der Waals surface area (Å²) in [5.74, 6) is 0.281. The number of carbonyl (C=O) groups is 1. The molecule has 0 N–H and O–H groups in total. The first kappa shape index (κ1) is 11.3. The number of hydrogen-bond acceptors (Lipinski definition) is 3. The molecule has 0 saturated carbocycles. The van der Waals surface area contributed by atoms with Gasteiger partial charge in [0, 0.05) is 20.0 Å². The number of Topliss-reactive ketones (excluding diaryl/α,β-unsaturated/α-hetero) is 1. The standard InChI is InChI=1S/C13H16O3/c1-15-9-10-4-2-3-5-12(10)13-8-11(14)6-7-16-13/h2-5,13H,6-9H2,1H3. The fourth-order valence-electron chi connectivity index (χ4n) is 2.02. The van der Waals surface area contributed by atoms with E-state index in [1.54, 1.807) is 7.11 Å². The van der Waals surface area contributed by atoms with Gasteiger partial charge in [0.2, 0.25) is 0 Å². The van der Waals surface area contributed by atoms with Gasteiger partial charge in [-0.05, 0) is 11.1 Å². The minimum atomic E-state index is -0.0902. The van der Waals surface area contributed by atoms with Crippen LogP contribution in [0.3, 0.4) is 0 Å². The fraction of sp³-hybridized carbons (Fsp3) is 0.462. The maximum absolute atomic E-state index is 11.4. The van der Waals surface area contributed by atoms with E-state index in [1.165, 1.54) is 0 Å². The van der Waals surface area contributed by atoms with Gasteiger partial charge in [0.15, 0.2) is 0 Å². The maximum Gasteiger partial charge on any atom is 0.138 e. The quantitative estimate of drug-likeness (QED) is 0.783. The highest BCUT2D eigenvalue weighted by Crippen LogP contribution is 2.28. The third kappa shape index (κ3) is 2.49. The molecule has 1 aromatic carbocycles. The summed E-state index contributed by atoms with van der Waals surface area (Å²) < 4.78 is 10.8. The van der Waals surface area contributed by atoms with Gasteiger partial charge in [-0.2, -0.15) is 0 Å². The Bertz CT molecular complexity index is 373. The van der Waals surface area contributed by atoms with E-state index in [-0.39, 0.29) is 11.9 Å². The molecule has 1 aliphatic rings. The van der Waals surface area contributed by atoms with Crippen LogP contribution in [0.25, 0.3) is 0 Å². The molecule has 0 amide bonds. The largest absolute Gasteiger partial charge is 0.380 e. The highest BCUT2D eigenvalue weighted by Gasteiger charge is 2.23. The molecule has 1 atom stereocenters. The van der Waals surface area contributed by atoms with Gasteiger partial charge in [-0.3, -0.25) is 4.79 Å². The molecule has 1 aromatic rings. The molecular weight excluding hydrogens is 204 g/mol. The van der Waals surface area contributed by atoms with Crippen LogP contribution in [0.2, 0.25) is 0 Å². The maximum atomic E-state index is 11.4. The SMILES string of the molecule is COCc1ccccc1C1CC(=O)CCO1. The Morgan fingerprint density at radius 3 is 3.00 bits per heavy atom. The lowest BCUT2D eigenvalue weighted by atomic mass is 9.96. The van der Waals surface area contributed by atoms with Crippen LogP contribution in [0.15, 0.2) is 24.3 Å². The van der Waals surface area contributed by atoms with Crippen molar-refractivity contribution in [1.29, 1.82) is 0 Å². The molecule has 1 heterocycles. The minimum Gasteiger partial charge on any atom is -0.380 e. The van der Waals surface area contributed by atoms with Crippen LogP contribution < -0.4 is 0 Å². The Kier molecular flexibility index (Phi) is 3.70. The molecule has 0 spiro atoms. The van der Waals surface area contributed by atoms with E-state index in [9.17, 15) is 4.79 Å². The van der Waals surface area contributed by atoms with E-state index in [4.69, 9.17) is 9.47 Å². The van der Waals surface area contributed by atoms with Gasteiger partial charge >= 0.3 is 0 Å². The highest BCUT2D eigenvalue weighted by atomic mass is 16.5. The molecule has 1 unspecified atom stereocenters. The van der Waals surface area contributed by atoms with Crippen LogP contribution in [0.4, 0.5) is 0 Å². The molecule has 1 fully saturated rings. The van der Waals surface area contributed by atoms with Crippen molar-refractivity contribution in [1.82, 2.24) is 0 Å². The summed E-state index contributed by atoms with van der Waals surface area (Å²) in [6.45, 7) is 1.09. The highest BCUT2D eigenvalue weighted by molar-refractivity contribution is 5.79. The second-order valence-corrected chi connectivity index (χ2v) is 3.98. The molecule has 0 bridgehead atoms. The summed E-state index contributed by atoms with van der Waals surface area (Å²) in [5.41, 5.74) is 2.18. The first-order chi connectivity index (χ1) is 7.81. The summed E-state index contributed by atoms with van der Waals surface area (Å²) in [6, 6.07) is 7.97. The van der Waals surface area contributed by atoms with Crippen LogP contribution in [-0.2, 0) is 20.9 Å². The van der Waals surface area contributed by atoms with E-state index >= 15 is 0 Å². The lowest BCUT2D eigenvalue weighted by molar-refractivity contribution is -0.128. The molecule has 0 radical (unpaired) electrons. The van der Waals surface area contributed by atoms with E-state index < -0.39 is 0 Å². The van der Waals surface area contributed by atoms with E-state index in [0.29, 0.717) is 26.1 Å². The molecular formula is C13H16O3. The Labute approximate surface area is 95.4 Å². The summed E-state index contributed by atoms with van der Waals surface area (Å²) in [7, 11) is 1.67. The van der Waals surface area contributed by atoms with Crippen LogP contribution >= 0.6 is 0 Å². The summed E-state index contributed by atoms with van der Waals surface area (Å²) in [5, 5.41) is 0. The molecule has 2 rings (SSSR count). The molecule has 16 heavy (non-hydrogen) atoms. The monoisotopic (exact) mass is 220 g/mol. The zero-order valence-electron chi connectivity index (χ0n) is 9.44. The summed E-state index contributed by atoms with van der Waals surface area (Å²) >= 11 is 0. The van der Waals surface area contributed by atoms with Crippen molar-refractivity contribution in [2.45, 2.75) is 25.6 Å². The van der Waals surface area contributed by atoms with Crippen molar-refractivity contribution in [3.8, 4) is 0 Å². The molecule has 1 saturated heterocycles. The Morgan fingerprint density at radius 1 is 1.44 bits per heavy atom. The molecule has 0 aliphatic carbocycles. The van der Waals surface area contributed by atoms with Crippen LogP contribution in [0.5, 0.6) is 0 Å². The lowest BCUT2D eigenvalue weighted by Gasteiger charge is -2.24. The Morgan fingerprint density at radius 2 is 2.25 bits per heavy atom. The lowest BCUT2D eigenvalue weighted by Crippen LogP contribution is -2.20. The summed E-state index contributed by atoms with van der Waals surface area (Å²) in [6.07, 6.45) is 0.941. The Balaban J connectivity index is 2.21. The molecule has 3 nitrogen and oxygen atoms in total. The normalized spacial score (nSPS) is 21.1. The van der Waals surface area contributed by atoms with E-state index in [2.05, 4.69) is 0 Å². The molecule has 86 valence electrons. The number of ether oxygens (including phenoxy) is 2. The van der Waals surface area contributed by atoms with Crippen LogP contribution in [0, 0.1) is 0 Å². The number of carbonyl (C=O) groups excluding carboxylic acids is 1. The number of ketones is 1. The van der Waals surface area contributed by atoms with Crippen molar-refractivity contribution in [2.24, 2.45) is 0 Å². The second kappa shape index (κ2) is 5.23. The topological polar surface area (TPSA) is 35.5 Å². The Hall–Kier alpha value is -1.19. The van der Waals surface area contributed by atoms with E-state index in [1.807, 2.05) is 24.3 Å². The number of methoxy groups -OCH3 is 1. The first-order valence-corrected chi connectivity index (χ1v) is 5.51. The number of rotatable bonds is 3. The van der Waals surface area contributed by atoms with Crippen molar-refractivity contribution in [2.75, 3.05) is 13.7 Å². The van der Waals surface area contributed by atoms with Crippen LogP contribution in [-0.4, -0.2) is 19.5 Å². The van der Waals surface area contributed by atoms with Gasteiger partial charge in [-0.25, -0.2) is 0 Å². The summed E-state index contributed by atoms with van der Waals surface area (Å²) in [4.78, 5) is 11.4. The third-order valence-electron chi connectivity index (χ3n) is 2.81. The smallest absolute Gasteiger partial charge is 0.138 e.